The number of hydrogen-bond donors (Lipinski definition) is 8. The number of nitrogens with two attached hydrogens (primary N) is 2. The first-order valence-electron chi connectivity index (χ1n) is 11.5. The van der Waals surface area contributed by atoms with Crippen LogP contribution in [0.25, 0.3) is 0 Å². The smallest absolute Gasteiger partial charge is 0.326 e. The second-order valence-electron chi connectivity index (χ2n) is 8.38. The van der Waals surface area contributed by atoms with Crippen LogP contribution in [0.2, 0.25) is 0 Å². The molecule has 38 heavy (non-hydrogen) atoms. The number of carboxylic acid groups (broad SMARTS) is 2. The number of phenolic OH excluding ortho intramolecular Hbond substituents is 1. The Bertz CT molecular complexity index is 1010. The Labute approximate surface area is 222 Å². The van der Waals surface area contributed by atoms with Crippen LogP contribution in [0, 0.1) is 0 Å². The summed E-state index contributed by atoms with van der Waals surface area (Å²) in [6.07, 6.45) is 0.483. The third-order valence-corrected chi connectivity index (χ3v) is 5.93. The highest BCUT2D eigenvalue weighted by Gasteiger charge is 2.31. The molecule has 0 radical (unpaired) electrons. The van der Waals surface area contributed by atoms with Gasteiger partial charge in [0.2, 0.25) is 23.6 Å². The maximum Gasteiger partial charge on any atom is 0.326 e. The number of aliphatic carboxylic acids is 2. The summed E-state index contributed by atoms with van der Waals surface area (Å²) in [5, 5.41) is 35.0. The number of nitrogens with one attached hydrogen (secondary N) is 3. The molecule has 4 unspecified atom stereocenters. The van der Waals surface area contributed by atoms with Crippen LogP contribution in [0.3, 0.4) is 0 Å². The molecule has 4 amide bonds. The number of carbonyl (C=O) groups excluding carboxylic acids is 4. The summed E-state index contributed by atoms with van der Waals surface area (Å²) < 4.78 is 0. The van der Waals surface area contributed by atoms with Gasteiger partial charge in [-0.15, -0.1) is 0 Å². The molecule has 1 rings (SSSR count). The minimum absolute atomic E-state index is 0.0444. The molecule has 0 spiro atoms. The van der Waals surface area contributed by atoms with Crippen LogP contribution in [-0.4, -0.2) is 87.1 Å². The van der Waals surface area contributed by atoms with Gasteiger partial charge in [0, 0.05) is 12.8 Å². The summed E-state index contributed by atoms with van der Waals surface area (Å²) in [6, 6.07) is 0.0362. The monoisotopic (exact) mass is 555 g/mol. The Morgan fingerprint density at radius 2 is 1.42 bits per heavy atom. The Hall–Kier alpha value is -3.85. The Balaban J connectivity index is 3.03. The van der Waals surface area contributed by atoms with Gasteiger partial charge in [0.1, 0.15) is 23.9 Å². The van der Waals surface area contributed by atoms with E-state index in [1.165, 1.54) is 36.0 Å². The zero-order valence-electron chi connectivity index (χ0n) is 20.7. The van der Waals surface area contributed by atoms with Gasteiger partial charge in [-0.1, -0.05) is 12.1 Å². The summed E-state index contributed by atoms with van der Waals surface area (Å²) >= 11 is 1.46. The Morgan fingerprint density at radius 3 is 1.95 bits per heavy atom. The largest absolute Gasteiger partial charge is 0.508 e. The average Bonchev–Trinajstić information content (AvgIpc) is 2.84. The molecule has 0 bridgehead atoms. The fourth-order valence-electron chi connectivity index (χ4n) is 3.21. The minimum atomic E-state index is -1.71. The van der Waals surface area contributed by atoms with Gasteiger partial charge in [0.25, 0.3) is 0 Å². The molecule has 0 heterocycles. The molecule has 210 valence electrons. The highest BCUT2D eigenvalue weighted by molar-refractivity contribution is 7.98. The summed E-state index contributed by atoms with van der Waals surface area (Å²) in [5.41, 5.74) is 11.4. The number of aromatic hydroxyl groups is 1. The second-order valence-corrected chi connectivity index (χ2v) is 9.37. The number of carbonyl (C=O) groups is 6. The van der Waals surface area contributed by atoms with E-state index in [2.05, 4.69) is 16.0 Å². The lowest BCUT2D eigenvalue weighted by Gasteiger charge is -2.24. The third-order valence-electron chi connectivity index (χ3n) is 5.28. The van der Waals surface area contributed by atoms with E-state index in [-0.39, 0.29) is 25.0 Å². The minimum Gasteiger partial charge on any atom is -0.508 e. The first kappa shape index (κ1) is 32.2. The third kappa shape index (κ3) is 11.9. The summed E-state index contributed by atoms with van der Waals surface area (Å²) in [5.74, 6) is -5.89. The van der Waals surface area contributed by atoms with Crippen molar-refractivity contribution in [1.82, 2.24) is 16.0 Å². The fraction of sp³-hybridized carbons (Fsp3) is 0.478. The number of amides is 4. The van der Waals surface area contributed by atoms with Crippen LogP contribution < -0.4 is 27.4 Å². The van der Waals surface area contributed by atoms with Crippen LogP contribution in [0.4, 0.5) is 0 Å². The van der Waals surface area contributed by atoms with Crippen molar-refractivity contribution in [2.75, 3.05) is 12.0 Å². The average molecular weight is 556 g/mol. The Kier molecular flexibility index (Phi) is 13.6. The quantitative estimate of drug-likeness (QED) is 0.107. The lowest BCUT2D eigenvalue weighted by molar-refractivity contribution is -0.143. The molecular formula is C23H33N5O9S. The lowest BCUT2D eigenvalue weighted by atomic mass is 10.0. The first-order valence-corrected chi connectivity index (χ1v) is 12.9. The van der Waals surface area contributed by atoms with Crippen molar-refractivity contribution in [3.05, 3.63) is 29.8 Å². The van der Waals surface area contributed by atoms with Gasteiger partial charge in [-0.2, -0.15) is 11.8 Å². The molecule has 0 aliphatic heterocycles. The predicted octanol–water partition coefficient (Wildman–Crippen LogP) is -1.71. The molecule has 10 N–H and O–H groups in total. The van der Waals surface area contributed by atoms with Crippen molar-refractivity contribution in [2.24, 2.45) is 11.5 Å². The maximum atomic E-state index is 12.9. The van der Waals surface area contributed by atoms with Gasteiger partial charge in [-0.25, -0.2) is 4.79 Å². The van der Waals surface area contributed by atoms with E-state index < -0.39 is 66.2 Å². The molecule has 14 nitrogen and oxygen atoms in total. The molecule has 0 saturated carbocycles. The van der Waals surface area contributed by atoms with Gasteiger partial charge in [-0.3, -0.25) is 24.0 Å². The van der Waals surface area contributed by atoms with Crippen LogP contribution in [0.1, 0.15) is 31.2 Å². The van der Waals surface area contributed by atoms with E-state index in [0.717, 1.165) is 0 Å². The van der Waals surface area contributed by atoms with E-state index in [1.807, 2.05) is 6.26 Å². The molecule has 0 aliphatic rings. The fourth-order valence-corrected chi connectivity index (χ4v) is 3.70. The zero-order chi connectivity index (χ0) is 28.8. The van der Waals surface area contributed by atoms with Crippen LogP contribution in [0.15, 0.2) is 24.3 Å². The van der Waals surface area contributed by atoms with Gasteiger partial charge in [-0.05, 0) is 42.5 Å². The summed E-state index contributed by atoms with van der Waals surface area (Å²) in [7, 11) is 0. The van der Waals surface area contributed by atoms with E-state index in [9.17, 15) is 44.1 Å². The number of thioether (sulfide) groups is 1. The number of rotatable bonds is 17. The van der Waals surface area contributed by atoms with E-state index in [0.29, 0.717) is 17.7 Å². The van der Waals surface area contributed by atoms with Crippen molar-refractivity contribution >= 4 is 47.3 Å². The molecule has 1 aromatic carbocycles. The highest BCUT2D eigenvalue weighted by atomic mass is 32.2. The van der Waals surface area contributed by atoms with Crippen molar-refractivity contribution in [1.29, 1.82) is 0 Å². The van der Waals surface area contributed by atoms with E-state index >= 15 is 0 Å². The molecule has 0 fully saturated rings. The van der Waals surface area contributed by atoms with Crippen molar-refractivity contribution in [2.45, 2.75) is 56.3 Å². The van der Waals surface area contributed by atoms with E-state index in [1.54, 1.807) is 0 Å². The van der Waals surface area contributed by atoms with Crippen LogP contribution in [0.5, 0.6) is 5.75 Å². The summed E-state index contributed by atoms with van der Waals surface area (Å²) in [4.78, 5) is 72.5. The molecule has 0 aliphatic carbocycles. The lowest BCUT2D eigenvalue weighted by Crippen LogP contribution is -2.57. The second kappa shape index (κ2) is 16.1. The van der Waals surface area contributed by atoms with Gasteiger partial charge in [0.15, 0.2) is 0 Å². The van der Waals surface area contributed by atoms with Crippen LogP contribution >= 0.6 is 11.8 Å². The van der Waals surface area contributed by atoms with Gasteiger partial charge in [0.05, 0.1) is 12.5 Å². The number of phenols is 1. The molecule has 1 aromatic rings. The topological polar surface area (TPSA) is 251 Å². The number of hydrogen-bond acceptors (Lipinski definition) is 9. The standard InChI is InChI=1S/C23H33N5O9S/c1-38-9-8-14(24)20(33)26-15(6-7-18(25)30)21(34)27-16(11-19(31)32)22(35)28-17(23(36)37)10-12-2-4-13(29)5-3-12/h2-5,14-17,29H,6-11,24H2,1H3,(H2,25,30)(H,26,33)(H,27,34)(H,28,35)(H,31,32)(H,36,37). The number of carboxylic acids is 2. The van der Waals surface area contributed by atoms with Gasteiger partial charge >= 0.3 is 11.9 Å². The molecule has 4 atom stereocenters. The SMILES string of the molecule is CSCCC(N)C(=O)NC(CCC(N)=O)C(=O)NC(CC(=O)O)C(=O)NC(Cc1ccc(O)cc1)C(=O)O. The first-order chi connectivity index (χ1) is 17.8. The Morgan fingerprint density at radius 1 is 0.868 bits per heavy atom. The van der Waals surface area contributed by atoms with Crippen molar-refractivity contribution in [3.63, 3.8) is 0 Å². The zero-order valence-corrected chi connectivity index (χ0v) is 21.5. The molecule has 15 heteroatoms. The molecule has 0 aromatic heterocycles. The highest BCUT2D eigenvalue weighted by Crippen LogP contribution is 2.12. The molecular weight excluding hydrogens is 522 g/mol. The predicted molar refractivity (Wildman–Crippen MR) is 137 cm³/mol. The van der Waals surface area contributed by atoms with E-state index in [4.69, 9.17) is 11.5 Å². The van der Waals surface area contributed by atoms with Crippen LogP contribution in [-0.2, 0) is 35.2 Å². The normalized spacial score (nSPS) is 13.8. The maximum absolute atomic E-state index is 12.9. The summed E-state index contributed by atoms with van der Waals surface area (Å²) in [6.45, 7) is 0. The van der Waals surface area contributed by atoms with Crippen molar-refractivity contribution < 1.29 is 44.1 Å². The molecule has 0 saturated heterocycles. The number of benzene rings is 1. The number of primary amides is 1. The van der Waals surface area contributed by atoms with Crippen molar-refractivity contribution in [3.8, 4) is 5.75 Å². The van der Waals surface area contributed by atoms with Gasteiger partial charge < -0.3 is 42.7 Å².